The molecule has 1 aliphatic rings. The van der Waals surface area contributed by atoms with E-state index >= 15 is 0 Å². The Morgan fingerprint density at radius 3 is 3.07 bits per heavy atom. The number of fused-ring (bicyclic) bond motifs is 1. The number of oxazole rings is 1. The van der Waals surface area contributed by atoms with Crippen molar-refractivity contribution in [1.82, 2.24) is 15.3 Å². The molecule has 0 bridgehead atoms. The number of nitrogens with zero attached hydrogens (tertiary/aromatic N) is 2. The topological polar surface area (TPSA) is 86.5 Å². The number of nitrogens with one attached hydrogen (secondary N) is 1. The SMILES string of the molecule is C[C@@]1(CNC(=O)c2coc(COc3cccc4cccnc34)n2)CCCO1. The number of pyridine rings is 1. The van der Waals surface area contributed by atoms with E-state index in [1.165, 1.54) is 6.26 Å². The van der Waals surface area contributed by atoms with Gasteiger partial charge in [-0.3, -0.25) is 9.78 Å². The third-order valence-corrected chi connectivity index (χ3v) is 4.65. The van der Waals surface area contributed by atoms with Gasteiger partial charge in [-0.1, -0.05) is 18.2 Å². The van der Waals surface area contributed by atoms with Gasteiger partial charge in [-0.25, -0.2) is 4.98 Å². The van der Waals surface area contributed by atoms with Gasteiger partial charge in [-0.05, 0) is 31.9 Å². The first-order valence-corrected chi connectivity index (χ1v) is 8.96. The molecule has 7 heteroatoms. The summed E-state index contributed by atoms with van der Waals surface area (Å²) >= 11 is 0. The Morgan fingerprint density at radius 2 is 2.22 bits per heavy atom. The summed E-state index contributed by atoms with van der Waals surface area (Å²) in [4.78, 5) is 20.8. The van der Waals surface area contributed by atoms with Gasteiger partial charge >= 0.3 is 0 Å². The Balaban J connectivity index is 1.37. The molecule has 2 aromatic heterocycles. The van der Waals surface area contributed by atoms with E-state index in [0.717, 1.165) is 30.4 Å². The van der Waals surface area contributed by atoms with Crippen molar-refractivity contribution in [3.8, 4) is 5.75 Å². The molecular formula is C20H21N3O4. The summed E-state index contributed by atoms with van der Waals surface area (Å²) in [7, 11) is 0. The van der Waals surface area contributed by atoms with Crippen LogP contribution in [0.15, 0.2) is 47.2 Å². The molecule has 0 radical (unpaired) electrons. The zero-order chi connectivity index (χ0) is 18.7. The number of rotatable bonds is 6. The van der Waals surface area contributed by atoms with Crippen molar-refractivity contribution in [3.63, 3.8) is 0 Å². The van der Waals surface area contributed by atoms with Crippen molar-refractivity contribution in [2.75, 3.05) is 13.2 Å². The van der Waals surface area contributed by atoms with Gasteiger partial charge in [0.25, 0.3) is 5.91 Å². The normalized spacial score (nSPS) is 19.3. The minimum absolute atomic E-state index is 0.115. The highest BCUT2D eigenvalue weighted by Gasteiger charge is 2.30. The Kier molecular flexibility index (Phi) is 4.77. The quantitative estimate of drug-likeness (QED) is 0.720. The highest BCUT2D eigenvalue weighted by molar-refractivity contribution is 5.92. The lowest BCUT2D eigenvalue weighted by atomic mass is 10.0. The molecule has 0 spiro atoms. The van der Waals surface area contributed by atoms with Crippen LogP contribution in [0.5, 0.6) is 5.75 Å². The first kappa shape index (κ1) is 17.5. The molecule has 27 heavy (non-hydrogen) atoms. The average molecular weight is 367 g/mol. The predicted molar refractivity (Wildman–Crippen MR) is 98.5 cm³/mol. The van der Waals surface area contributed by atoms with Gasteiger partial charge in [-0.2, -0.15) is 0 Å². The maximum absolute atomic E-state index is 12.3. The number of carbonyl (C=O) groups is 1. The smallest absolute Gasteiger partial charge is 0.273 e. The fraction of sp³-hybridized carbons (Fsp3) is 0.350. The second-order valence-electron chi connectivity index (χ2n) is 6.83. The molecule has 1 N–H and O–H groups in total. The lowest BCUT2D eigenvalue weighted by Gasteiger charge is -2.22. The molecule has 0 aliphatic carbocycles. The molecule has 1 aliphatic heterocycles. The van der Waals surface area contributed by atoms with Crippen LogP contribution in [0.4, 0.5) is 0 Å². The lowest BCUT2D eigenvalue weighted by Crippen LogP contribution is -2.40. The predicted octanol–water partition coefficient (Wildman–Crippen LogP) is 3.10. The summed E-state index contributed by atoms with van der Waals surface area (Å²) in [5.74, 6) is 0.688. The zero-order valence-electron chi connectivity index (χ0n) is 15.1. The van der Waals surface area contributed by atoms with Crippen LogP contribution in [-0.4, -0.2) is 34.6 Å². The van der Waals surface area contributed by atoms with Gasteiger partial charge in [-0.15, -0.1) is 0 Å². The molecule has 3 aromatic rings. The van der Waals surface area contributed by atoms with E-state index in [1.807, 2.05) is 37.3 Å². The minimum atomic E-state index is -0.299. The zero-order valence-corrected chi connectivity index (χ0v) is 15.1. The highest BCUT2D eigenvalue weighted by atomic mass is 16.5. The van der Waals surface area contributed by atoms with Gasteiger partial charge in [0, 0.05) is 24.7 Å². The number of carbonyl (C=O) groups excluding carboxylic acids is 1. The van der Waals surface area contributed by atoms with Crippen LogP contribution in [0.1, 0.15) is 36.1 Å². The van der Waals surface area contributed by atoms with Gasteiger partial charge in [0.1, 0.15) is 17.5 Å². The molecule has 1 atom stereocenters. The Hall–Kier alpha value is -2.93. The summed E-state index contributed by atoms with van der Waals surface area (Å²) in [5, 5.41) is 3.85. The van der Waals surface area contributed by atoms with Crippen molar-refractivity contribution in [2.24, 2.45) is 0 Å². The second kappa shape index (κ2) is 7.36. The van der Waals surface area contributed by atoms with Gasteiger partial charge in [0.05, 0.1) is 5.60 Å². The van der Waals surface area contributed by atoms with E-state index in [2.05, 4.69) is 15.3 Å². The van der Waals surface area contributed by atoms with Crippen LogP contribution in [0.25, 0.3) is 10.9 Å². The number of hydrogen-bond acceptors (Lipinski definition) is 6. The molecule has 3 heterocycles. The van der Waals surface area contributed by atoms with Crippen LogP contribution in [0.3, 0.4) is 0 Å². The molecule has 1 amide bonds. The molecule has 1 aromatic carbocycles. The molecule has 0 saturated carbocycles. The summed E-state index contributed by atoms with van der Waals surface area (Å²) in [6.45, 7) is 3.30. The van der Waals surface area contributed by atoms with Crippen molar-refractivity contribution in [1.29, 1.82) is 0 Å². The minimum Gasteiger partial charge on any atom is -0.482 e. The monoisotopic (exact) mass is 367 g/mol. The number of hydrogen-bond donors (Lipinski definition) is 1. The van der Waals surface area contributed by atoms with Crippen molar-refractivity contribution >= 4 is 16.8 Å². The Morgan fingerprint density at radius 1 is 1.33 bits per heavy atom. The molecule has 7 nitrogen and oxygen atoms in total. The molecule has 140 valence electrons. The second-order valence-corrected chi connectivity index (χ2v) is 6.83. The molecule has 4 rings (SSSR count). The van der Waals surface area contributed by atoms with E-state index in [1.54, 1.807) is 6.20 Å². The number of para-hydroxylation sites is 1. The highest BCUT2D eigenvalue weighted by Crippen LogP contribution is 2.25. The van der Waals surface area contributed by atoms with Crippen LogP contribution < -0.4 is 10.1 Å². The van der Waals surface area contributed by atoms with Crippen LogP contribution >= 0.6 is 0 Å². The summed E-state index contributed by atoms with van der Waals surface area (Å²) in [6.07, 6.45) is 5.01. The molecule has 1 saturated heterocycles. The van der Waals surface area contributed by atoms with E-state index in [-0.39, 0.29) is 23.8 Å². The molecular weight excluding hydrogens is 346 g/mol. The number of amides is 1. The lowest BCUT2D eigenvalue weighted by molar-refractivity contribution is 0.0205. The first-order chi connectivity index (χ1) is 13.1. The van der Waals surface area contributed by atoms with E-state index in [0.29, 0.717) is 18.2 Å². The summed E-state index contributed by atoms with van der Waals surface area (Å²) in [5.41, 5.74) is 0.702. The summed E-state index contributed by atoms with van der Waals surface area (Å²) in [6, 6.07) is 9.56. The summed E-state index contributed by atoms with van der Waals surface area (Å²) < 4.78 is 16.8. The van der Waals surface area contributed by atoms with Crippen molar-refractivity contribution in [2.45, 2.75) is 32.0 Å². The Labute approximate surface area is 156 Å². The largest absolute Gasteiger partial charge is 0.482 e. The van der Waals surface area contributed by atoms with Crippen molar-refractivity contribution < 1.29 is 18.7 Å². The Bertz CT molecular complexity index is 942. The average Bonchev–Trinajstić information content (AvgIpc) is 3.34. The van der Waals surface area contributed by atoms with E-state index in [4.69, 9.17) is 13.9 Å². The number of aromatic nitrogens is 2. The fourth-order valence-electron chi connectivity index (χ4n) is 3.15. The maximum atomic E-state index is 12.3. The fourth-order valence-corrected chi connectivity index (χ4v) is 3.15. The van der Waals surface area contributed by atoms with Gasteiger partial charge in [0.2, 0.25) is 5.89 Å². The van der Waals surface area contributed by atoms with Gasteiger partial charge in [0.15, 0.2) is 12.3 Å². The maximum Gasteiger partial charge on any atom is 0.273 e. The first-order valence-electron chi connectivity index (χ1n) is 8.96. The number of benzene rings is 1. The standard InChI is InChI=1S/C20H21N3O4/c1-20(8-4-10-27-20)13-22-19(24)15-11-26-17(23-15)12-25-16-7-2-5-14-6-3-9-21-18(14)16/h2-3,5-7,9,11H,4,8,10,12-13H2,1H3,(H,22,24)/t20-/m0/s1. The third kappa shape index (κ3) is 3.93. The van der Waals surface area contributed by atoms with Crippen LogP contribution in [-0.2, 0) is 11.3 Å². The number of ether oxygens (including phenoxy) is 2. The van der Waals surface area contributed by atoms with Crippen LogP contribution in [0.2, 0.25) is 0 Å². The van der Waals surface area contributed by atoms with E-state index < -0.39 is 0 Å². The van der Waals surface area contributed by atoms with Crippen LogP contribution in [0, 0.1) is 0 Å². The van der Waals surface area contributed by atoms with Crippen molar-refractivity contribution in [3.05, 3.63) is 54.4 Å². The van der Waals surface area contributed by atoms with Gasteiger partial charge < -0.3 is 19.2 Å². The van der Waals surface area contributed by atoms with E-state index in [9.17, 15) is 4.79 Å². The third-order valence-electron chi connectivity index (χ3n) is 4.65. The molecule has 0 unspecified atom stereocenters. The molecule has 1 fully saturated rings.